The maximum atomic E-state index is 5.39. The van der Waals surface area contributed by atoms with Crippen molar-refractivity contribution in [3.05, 3.63) is 5.82 Å². The van der Waals surface area contributed by atoms with Crippen molar-refractivity contribution in [1.82, 2.24) is 15.0 Å². The molecule has 0 amide bonds. The van der Waals surface area contributed by atoms with Crippen LogP contribution in [0.2, 0.25) is 0 Å². The highest BCUT2D eigenvalue weighted by atomic mass is 32.1. The Bertz CT molecular complexity index is 492. The molecule has 19 heavy (non-hydrogen) atoms. The average Bonchev–Trinajstić information content (AvgIpc) is 2.39. The minimum absolute atomic E-state index is 0.248. The highest BCUT2D eigenvalue weighted by Gasteiger charge is 2.16. The first-order chi connectivity index (χ1) is 9.19. The molecular weight excluding hydrogens is 264 g/mol. The first kappa shape index (κ1) is 14.0. The molecule has 0 aliphatic carbocycles. The third-order valence-corrected chi connectivity index (χ3v) is 2.79. The van der Waals surface area contributed by atoms with Gasteiger partial charge in [0.1, 0.15) is 0 Å². The van der Waals surface area contributed by atoms with Gasteiger partial charge in [-0.3, -0.25) is 5.14 Å². The lowest BCUT2D eigenvalue weighted by Crippen LogP contribution is -2.37. The van der Waals surface area contributed by atoms with Crippen LogP contribution in [-0.2, 0) is 4.74 Å². The van der Waals surface area contributed by atoms with E-state index in [1.807, 2.05) is 13.8 Å². The highest BCUT2D eigenvalue weighted by molar-refractivity contribution is 7.86. The van der Waals surface area contributed by atoms with E-state index >= 15 is 0 Å². The summed E-state index contributed by atoms with van der Waals surface area (Å²) < 4.78 is 5.33. The van der Waals surface area contributed by atoms with Crippen LogP contribution in [0.3, 0.4) is 0 Å². The fourth-order valence-corrected chi connectivity index (χ4v) is 1.89. The summed E-state index contributed by atoms with van der Waals surface area (Å²) in [4.78, 5) is 15.1. The molecular formula is C11H18N6OS. The van der Waals surface area contributed by atoms with Crippen molar-refractivity contribution in [3.8, 4) is 5.18 Å². The predicted octanol–water partition coefficient (Wildman–Crippen LogP) is 0.443. The average molecular weight is 282 g/mol. The first-order valence-corrected chi connectivity index (χ1v) is 7.04. The highest BCUT2D eigenvalue weighted by Crippen LogP contribution is 2.13. The van der Waals surface area contributed by atoms with E-state index in [4.69, 9.17) is 9.88 Å². The normalized spacial score (nSPS) is 15.3. The molecule has 8 heteroatoms. The fourth-order valence-electron chi connectivity index (χ4n) is 1.69. The molecule has 0 bridgehead atoms. The number of nitrogens with zero attached hydrogens (tertiary/aromatic N) is 4. The SMILES string of the molecule is CC(C)Nc1nc(C#SN)nc(N2CCOCC2)n1. The van der Waals surface area contributed by atoms with E-state index in [0.29, 0.717) is 30.9 Å². The minimum Gasteiger partial charge on any atom is -0.378 e. The van der Waals surface area contributed by atoms with E-state index in [9.17, 15) is 0 Å². The zero-order valence-electron chi connectivity index (χ0n) is 11.1. The van der Waals surface area contributed by atoms with Gasteiger partial charge in [-0.25, -0.2) is 0 Å². The van der Waals surface area contributed by atoms with E-state index in [0.717, 1.165) is 24.4 Å². The Morgan fingerprint density at radius 2 is 2.05 bits per heavy atom. The summed E-state index contributed by atoms with van der Waals surface area (Å²) in [5, 5.41) is 11.4. The molecule has 3 N–H and O–H groups in total. The van der Waals surface area contributed by atoms with Gasteiger partial charge in [0.2, 0.25) is 17.7 Å². The lowest BCUT2D eigenvalue weighted by molar-refractivity contribution is 0.122. The van der Waals surface area contributed by atoms with Crippen LogP contribution in [0.4, 0.5) is 11.9 Å². The van der Waals surface area contributed by atoms with E-state index in [1.165, 1.54) is 0 Å². The molecule has 0 spiro atoms. The van der Waals surface area contributed by atoms with E-state index < -0.39 is 0 Å². The van der Waals surface area contributed by atoms with Gasteiger partial charge in [-0.15, -0.1) is 0 Å². The van der Waals surface area contributed by atoms with Crippen molar-refractivity contribution in [2.75, 3.05) is 36.5 Å². The van der Waals surface area contributed by atoms with Crippen LogP contribution in [0.25, 0.3) is 0 Å². The largest absolute Gasteiger partial charge is 0.378 e. The molecule has 0 radical (unpaired) electrons. The van der Waals surface area contributed by atoms with Gasteiger partial charge in [0.25, 0.3) is 0 Å². The van der Waals surface area contributed by atoms with Crippen molar-refractivity contribution in [2.45, 2.75) is 19.9 Å². The van der Waals surface area contributed by atoms with Crippen LogP contribution in [-0.4, -0.2) is 47.3 Å². The molecule has 0 atom stereocenters. The molecule has 104 valence electrons. The summed E-state index contributed by atoms with van der Waals surface area (Å²) in [6.45, 7) is 6.99. The van der Waals surface area contributed by atoms with Crippen molar-refractivity contribution >= 4 is 23.3 Å². The Kier molecular flexibility index (Phi) is 4.86. The quantitative estimate of drug-likeness (QED) is 0.778. The van der Waals surface area contributed by atoms with Gasteiger partial charge >= 0.3 is 0 Å². The Balaban J connectivity index is 2.29. The maximum Gasteiger partial charge on any atom is 0.231 e. The van der Waals surface area contributed by atoms with Crippen molar-refractivity contribution in [2.24, 2.45) is 5.14 Å². The van der Waals surface area contributed by atoms with Gasteiger partial charge in [0, 0.05) is 24.3 Å². The second kappa shape index (κ2) is 6.63. The topological polar surface area (TPSA) is 89.2 Å². The zero-order valence-corrected chi connectivity index (χ0v) is 11.9. The third-order valence-electron chi connectivity index (χ3n) is 2.49. The van der Waals surface area contributed by atoms with E-state index in [2.05, 4.69) is 30.4 Å². The fraction of sp³-hybridized carbons (Fsp3) is 0.636. The van der Waals surface area contributed by atoms with Crippen molar-refractivity contribution in [3.63, 3.8) is 0 Å². The van der Waals surface area contributed by atoms with E-state index in [-0.39, 0.29) is 6.04 Å². The van der Waals surface area contributed by atoms with Crippen LogP contribution in [0.1, 0.15) is 19.7 Å². The minimum atomic E-state index is 0.248. The number of rotatable bonds is 3. The summed E-state index contributed by atoms with van der Waals surface area (Å²) in [6, 6.07) is 0.248. The second-order valence-corrected chi connectivity index (χ2v) is 4.84. The number of anilines is 2. The van der Waals surface area contributed by atoms with Crippen molar-refractivity contribution < 1.29 is 4.74 Å². The summed E-state index contributed by atoms with van der Waals surface area (Å²) in [5.41, 5.74) is 0. The number of morpholine rings is 1. The van der Waals surface area contributed by atoms with Gasteiger partial charge in [0.05, 0.1) is 13.2 Å². The zero-order chi connectivity index (χ0) is 13.7. The molecule has 1 aromatic heterocycles. The van der Waals surface area contributed by atoms with Crippen LogP contribution >= 0.6 is 11.4 Å². The van der Waals surface area contributed by atoms with Gasteiger partial charge in [-0.05, 0) is 25.2 Å². The summed E-state index contributed by atoms with van der Waals surface area (Å²) >= 11 is 0.964. The van der Waals surface area contributed by atoms with Crippen LogP contribution < -0.4 is 15.4 Å². The van der Waals surface area contributed by atoms with Gasteiger partial charge in [0.15, 0.2) is 0 Å². The predicted molar refractivity (Wildman–Crippen MR) is 76.4 cm³/mol. The maximum absolute atomic E-state index is 5.39. The van der Waals surface area contributed by atoms with Gasteiger partial charge < -0.3 is 15.0 Å². The molecule has 0 aromatic carbocycles. The van der Waals surface area contributed by atoms with E-state index in [1.54, 1.807) is 0 Å². The number of ether oxygens (including phenoxy) is 1. The summed E-state index contributed by atoms with van der Waals surface area (Å²) in [6.07, 6.45) is 0. The summed E-state index contributed by atoms with van der Waals surface area (Å²) in [5.74, 6) is 1.63. The molecule has 2 rings (SSSR count). The van der Waals surface area contributed by atoms with Gasteiger partial charge in [-0.1, -0.05) is 0 Å². The number of nitrogens with one attached hydrogen (secondary N) is 1. The van der Waals surface area contributed by atoms with Crippen LogP contribution in [0.5, 0.6) is 0 Å². The molecule has 0 saturated carbocycles. The molecule has 0 unspecified atom stereocenters. The second-order valence-electron chi connectivity index (χ2n) is 4.40. The smallest absolute Gasteiger partial charge is 0.231 e. The Morgan fingerprint density at radius 3 is 2.68 bits per heavy atom. The number of hydrogen-bond acceptors (Lipinski definition) is 7. The third kappa shape index (κ3) is 4.00. The molecule has 1 aliphatic rings. The Labute approximate surface area is 116 Å². The molecule has 1 aliphatic heterocycles. The first-order valence-electron chi connectivity index (χ1n) is 6.16. The van der Waals surface area contributed by atoms with Crippen LogP contribution in [0, 0.1) is 5.18 Å². The molecule has 1 aromatic rings. The lowest BCUT2D eigenvalue weighted by Gasteiger charge is -2.27. The number of aromatic nitrogens is 3. The summed E-state index contributed by atoms with van der Waals surface area (Å²) in [7, 11) is 0. The molecule has 7 nitrogen and oxygen atoms in total. The molecule has 1 saturated heterocycles. The van der Waals surface area contributed by atoms with Gasteiger partial charge in [-0.2, -0.15) is 15.0 Å². The van der Waals surface area contributed by atoms with Crippen molar-refractivity contribution in [1.29, 1.82) is 0 Å². The monoisotopic (exact) mass is 282 g/mol. The lowest BCUT2D eigenvalue weighted by atomic mass is 10.4. The number of nitrogens with two attached hydrogens (primary N) is 1. The Morgan fingerprint density at radius 1 is 1.32 bits per heavy atom. The molecule has 1 fully saturated rings. The number of hydrogen-bond donors (Lipinski definition) is 2. The van der Waals surface area contributed by atoms with Crippen LogP contribution in [0.15, 0.2) is 0 Å². The Hall–Kier alpha value is -1.47. The standard InChI is InChI=1S/C11H18N6OS/c1-8(2)13-10-14-9(7-19-12)15-11(16-10)17-3-5-18-6-4-17/h8H,3-6,12H2,1-2H3,(H,13,14,15,16). The molecule has 2 heterocycles.